The molecule has 0 fully saturated rings. The van der Waals surface area contributed by atoms with Gasteiger partial charge in [-0.25, -0.2) is 0 Å². The second-order valence-corrected chi connectivity index (χ2v) is 2.43. The van der Waals surface area contributed by atoms with Crippen molar-refractivity contribution in [3.63, 3.8) is 0 Å². The highest BCUT2D eigenvalue weighted by Crippen LogP contribution is 2.11. The molecule has 0 saturated carbocycles. The van der Waals surface area contributed by atoms with Crippen LogP contribution in [0.2, 0.25) is 0 Å². The van der Waals surface area contributed by atoms with Gasteiger partial charge in [0.25, 0.3) is 0 Å². The maximum atomic E-state index is 10.4. The van der Waals surface area contributed by atoms with Gasteiger partial charge >= 0.3 is 5.97 Å². The summed E-state index contributed by atoms with van der Waals surface area (Å²) in [4.78, 5) is 10.4. The summed E-state index contributed by atoms with van der Waals surface area (Å²) in [6.07, 6.45) is -0.332. The van der Waals surface area contributed by atoms with Crippen LogP contribution in [0, 0.1) is 5.92 Å². The van der Waals surface area contributed by atoms with Gasteiger partial charge in [0, 0.05) is 6.61 Å². The van der Waals surface area contributed by atoms with Gasteiger partial charge in [-0.1, -0.05) is 6.92 Å². The zero-order valence-electron chi connectivity index (χ0n) is 6.53. The minimum atomic E-state index is -1.05. The molecule has 0 bridgehead atoms. The minimum absolute atomic E-state index is 0.115. The van der Waals surface area contributed by atoms with Crippen molar-refractivity contribution in [1.29, 1.82) is 0 Å². The van der Waals surface area contributed by atoms with Gasteiger partial charge in [-0.15, -0.1) is 0 Å². The van der Waals surface area contributed by atoms with E-state index >= 15 is 0 Å². The monoisotopic (exact) mass is 162 g/mol. The summed E-state index contributed by atoms with van der Waals surface area (Å²) in [6.45, 7) is 1.51. The Hall–Kier alpha value is -0.610. The molecule has 0 aliphatic rings. The molecule has 0 aromatic heterocycles. The van der Waals surface area contributed by atoms with Crippen molar-refractivity contribution >= 4 is 5.97 Å². The molecular weight excluding hydrogens is 148 g/mol. The molecule has 0 aliphatic carbocycles. The molecule has 2 unspecified atom stereocenters. The van der Waals surface area contributed by atoms with Crippen LogP contribution in [-0.4, -0.2) is 34.0 Å². The van der Waals surface area contributed by atoms with Crippen LogP contribution < -0.4 is 0 Å². The first-order valence-electron chi connectivity index (χ1n) is 3.65. The minimum Gasteiger partial charge on any atom is -0.481 e. The number of hydrogen-bond donors (Lipinski definition) is 3. The highest BCUT2D eigenvalue weighted by molar-refractivity contribution is 5.70. The van der Waals surface area contributed by atoms with Crippen molar-refractivity contribution in [3.8, 4) is 0 Å². The number of rotatable bonds is 5. The van der Waals surface area contributed by atoms with E-state index in [1.165, 1.54) is 0 Å². The molecule has 3 N–H and O–H groups in total. The Balaban J connectivity index is 3.97. The van der Waals surface area contributed by atoms with Gasteiger partial charge in [-0.3, -0.25) is 4.79 Å². The summed E-state index contributed by atoms with van der Waals surface area (Å²) in [7, 11) is 0. The lowest BCUT2D eigenvalue weighted by Gasteiger charge is -2.15. The van der Waals surface area contributed by atoms with Crippen molar-refractivity contribution in [2.45, 2.75) is 25.9 Å². The normalized spacial score (nSPS) is 15.9. The van der Waals surface area contributed by atoms with Crippen LogP contribution in [0.1, 0.15) is 19.8 Å². The lowest BCUT2D eigenvalue weighted by Crippen LogP contribution is -2.28. The van der Waals surface area contributed by atoms with Crippen LogP contribution in [0.4, 0.5) is 0 Å². The average Bonchev–Trinajstić information content (AvgIpc) is 1.98. The summed E-state index contributed by atoms with van der Waals surface area (Å²) < 4.78 is 0. The number of aliphatic hydroxyl groups excluding tert-OH is 2. The Morgan fingerprint density at radius 1 is 1.55 bits per heavy atom. The van der Waals surface area contributed by atoms with Crippen molar-refractivity contribution < 1.29 is 20.1 Å². The van der Waals surface area contributed by atoms with E-state index < -0.39 is 18.0 Å². The Bertz CT molecular complexity index is 124. The summed E-state index contributed by atoms with van der Waals surface area (Å²) in [5, 5.41) is 26.1. The van der Waals surface area contributed by atoms with Gasteiger partial charge in [0.2, 0.25) is 0 Å². The zero-order chi connectivity index (χ0) is 8.85. The summed E-state index contributed by atoms with van der Waals surface area (Å²) in [5.41, 5.74) is 0. The van der Waals surface area contributed by atoms with Crippen molar-refractivity contribution in [1.82, 2.24) is 0 Å². The molecule has 4 heteroatoms. The maximum absolute atomic E-state index is 10.4. The van der Waals surface area contributed by atoms with Crippen LogP contribution in [-0.2, 0) is 4.79 Å². The molecule has 0 radical (unpaired) electrons. The highest BCUT2D eigenvalue weighted by Gasteiger charge is 2.23. The number of hydrogen-bond acceptors (Lipinski definition) is 3. The molecule has 0 aromatic rings. The fraction of sp³-hybridized carbons (Fsp3) is 0.857. The van der Waals surface area contributed by atoms with E-state index in [1.807, 2.05) is 0 Å². The molecule has 0 saturated heterocycles. The predicted molar refractivity (Wildman–Crippen MR) is 39.1 cm³/mol. The van der Waals surface area contributed by atoms with Crippen molar-refractivity contribution in [2.24, 2.45) is 5.92 Å². The molecule has 0 aromatic carbocycles. The third kappa shape index (κ3) is 3.34. The van der Waals surface area contributed by atoms with E-state index in [2.05, 4.69) is 0 Å². The molecule has 66 valence electrons. The highest BCUT2D eigenvalue weighted by atomic mass is 16.4. The van der Waals surface area contributed by atoms with Gasteiger partial charge in [0.1, 0.15) is 0 Å². The van der Waals surface area contributed by atoms with Crippen LogP contribution in [0.5, 0.6) is 0 Å². The van der Waals surface area contributed by atoms with Gasteiger partial charge in [0.15, 0.2) is 0 Å². The Morgan fingerprint density at radius 2 is 2.09 bits per heavy atom. The van der Waals surface area contributed by atoms with Crippen LogP contribution in [0.15, 0.2) is 0 Å². The summed E-state index contributed by atoms with van der Waals surface area (Å²) in [5.74, 6) is -1.88. The molecular formula is C7H14O4. The van der Waals surface area contributed by atoms with Gasteiger partial charge in [-0.2, -0.15) is 0 Å². The lowest BCUT2D eigenvalue weighted by atomic mass is 9.97. The molecule has 2 atom stereocenters. The van der Waals surface area contributed by atoms with Crippen LogP contribution in [0.3, 0.4) is 0 Å². The Morgan fingerprint density at radius 3 is 2.36 bits per heavy atom. The van der Waals surface area contributed by atoms with Gasteiger partial charge in [-0.05, 0) is 12.8 Å². The van der Waals surface area contributed by atoms with Gasteiger partial charge < -0.3 is 15.3 Å². The Kier molecular flexibility index (Phi) is 4.81. The predicted octanol–water partition coefficient (Wildman–Crippen LogP) is -0.160. The second kappa shape index (κ2) is 5.09. The van der Waals surface area contributed by atoms with E-state index in [1.54, 1.807) is 6.92 Å². The molecule has 0 aliphatic heterocycles. The zero-order valence-corrected chi connectivity index (χ0v) is 6.53. The van der Waals surface area contributed by atoms with Crippen molar-refractivity contribution in [2.75, 3.05) is 6.61 Å². The lowest BCUT2D eigenvalue weighted by molar-refractivity contribution is -0.146. The summed E-state index contributed by atoms with van der Waals surface area (Å²) in [6, 6.07) is 0. The van der Waals surface area contributed by atoms with Crippen LogP contribution in [0.25, 0.3) is 0 Å². The molecule has 0 spiro atoms. The molecule has 11 heavy (non-hydrogen) atoms. The van der Waals surface area contributed by atoms with E-state index in [-0.39, 0.29) is 13.0 Å². The summed E-state index contributed by atoms with van der Waals surface area (Å²) >= 11 is 0. The fourth-order valence-corrected chi connectivity index (χ4v) is 0.904. The third-order valence-corrected chi connectivity index (χ3v) is 1.64. The van der Waals surface area contributed by atoms with Crippen LogP contribution >= 0.6 is 0 Å². The first-order chi connectivity index (χ1) is 5.13. The standard InChI is InChI=1S/C7H14O4/c1-2-6(9)5(3-4-8)7(10)11/h5-6,8-9H,2-4H2,1H3,(H,10,11). The fourth-order valence-electron chi connectivity index (χ4n) is 0.904. The van der Waals surface area contributed by atoms with E-state index in [0.29, 0.717) is 6.42 Å². The van der Waals surface area contributed by atoms with Crippen molar-refractivity contribution in [3.05, 3.63) is 0 Å². The third-order valence-electron chi connectivity index (χ3n) is 1.64. The SMILES string of the molecule is CCC(O)C(CCO)C(=O)O. The first-order valence-corrected chi connectivity index (χ1v) is 3.65. The number of carboxylic acid groups (broad SMARTS) is 1. The topological polar surface area (TPSA) is 77.8 Å². The van der Waals surface area contributed by atoms with E-state index in [9.17, 15) is 4.79 Å². The molecule has 0 rings (SSSR count). The number of carbonyl (C=O) groups is 1. The molecule has 0 amide bonds. The second-order valence-electron chi connectivity index (χ2n) is 2.43. The number of aliphatic hydroxyl groups is 2. The van der Waals surface area contributed by atoms with Gasteiger partial charge in [0.05, 0.1) is 12.0 Å². The number of carboxylic acids is 1. The largest absolute Gasteiger partial charge is 0.481 e. The Labute approximate surface area is 65.5 Å². The van der Waals surface area contributed by atoms with E-state index in [0.717, 1.165) is 0 Å². The quantitative estimate of drug-likeness (QED) is 0.525. The maximum Gasteiger partial charge on any atom is 0.309 e. The van der Waals surface area contributed by atoms with E-state index in [4.69, 9.17) is 15.3 Å². The molecule has 0 heterocycles. The number of aliphatic carboxylic acids is 1. The smallest absolute Gasteiger partial charge is 0.309 e. The molecule has 4 nitrogen and oxygen atoms in total. The first kappa shape index (κ1) is 10.4. The average molecular weight is 162 g/mol.